The lowest BCUT2D eigenvalue weighted by atomic mass is 10.2. The van der Waals surface area contributed by atoms with Crippen molar-refractivity contribution in [2.24, 2.45) is 0 Å². The minimum absolute atomic E-state index is 0.0793. The van der Waals surface area contributed by atoms with E-state index in [0.717, 1.165) is 25.1 Å². The molecule has 0 atom stereocenters. The summed E-state index contributed by atoms with van der Waals surface area (Å²) in [6.45, 7) is 0. The SMILES string of the molecule is CN(c1ncc(F)cc1C(=O)O)C1CC1. The van der Waals surface area contributed by atoms with Crippen LogP contribution in [0.15, 0.2) is 12.3 Å². The predicted molar refractivity (Wildman–Crippen MR) is 52.6 cm³/mol. The van der Waals surface area contributed by atoms with Crippen LogP contribution in [-0.4, -0.2) is 29.1 Å². The second-order valence-corrected chi connectivity index (χ2v) is 3.67. The van der Waals surface area contributed by atoms with E-state index in [2.05, 4.69) is 4.98 Å². The van der Waals surface area contributed by atoms with E-state index in [4.69, 9.17) is 5.11 Å². The van der Waals surface area contributed by atoms with Gasteiger partial charge in [0.15, 0.2) is 0 Å². The number of nitrogens with zero attached hydrogens (tertiary/aromatic N) is 2. The van der Waals surface area contributed by atoms with Crippen molar-refractivity contribution in [2.75, 3.05) is 11.9 Å². The molecule has 1 aromatic heterocycles. The molecule has 15 heavy (non-hydrogen) atoms. The van der Waals surface area contributed by atoms with E-state index in [1.54, 1.807) is 11.9 Å². The van der Waals surface area contributed by atoms with Gasteiger partial charge in [0, 0.05) is 13.1 Å². The van der Waals surface area contributed by atoms with Crippen LogP contribution >= 0.6 is 0 Å². The van der Waals surface area contributed by atoms with Gasteiger partial charge in [-0.2, -0.15) is 0 Å². The highest BCUT2D eigenvalue weighted by molar-refractivity contribution is 5.93. The molecule has 0 bridgehead atoms. The van der Waals surface area contributed by atoms with Crippen LogP contribution in [0.3, 0.4) is 0 Å². The largest absolute Gasteiger partial charge is 0.478 e. The molecule has 0 aromatic carbocycles. The molecular weight excluding hydrogens is 199 g/mol. The first-order valence-corrected chi connectivity index (χ1v) is 4.71. The van der Waals surface area contributed by atoms with Gasteiger partial charge in [-0.3, -0.25) is 0 Å². The number of pyridine rings is 1. The fraction of sp³-hybridized carbons (Fsp3) is 0.400. The minimum atomic E-state index is -1.15. The van der Waals surface area contributed by atoms with Gasteiger partial charge >= 0.3 is 5.97 Å². The third-order valence-electron chi connectivity index (χ3n) is 2.49. The van der Waals surface area contributed by atoms with Crippen LogP contribution in [-0.2, 0) is 0 Å². The van der Waals surface area contributed by atoms with Crippen LogP contribution in [0.4, 0.5) is 10.2 Å². The molecule has 1 fully saturated rings. The number of hydrogen-bond donors (Lipinski definition) is 1. The first-order valence-electron chi connectivity index (χ1n) is 4.71. The third-order valence-corrected chi connectivity index (χ3v) is 2.49. The van der Waals surface area contributed by atoms with Gasteiger partial charge in [-0.1, -0.05) is 0 Å². The zero-order valence-electron chi connectivity index (χ0n) is 8.27. The van der Waals surface area contributed by atoms with Gasteiger partial charge in [-0.15, -0.1) is 0 Å². The van der Waals surface area contributed by atoms with E-state index >= 15 is 0 Å². The summed E-state index contributed by atoms with van der Waals surface area (Å²) < 4.78 is 12.8. The molecule has 0 spiro atoms. The molecule has 1 saturated carbocycles. The fourth-order valence-electron chi connectivity index (χ4n) is 1.51. The van der Waals surface area contributed by atoms with Crippen molar-refractivity contribution in [3.8, 4) is 0 Å². The monoisotopic (exact) mass is 210 g/mol. The summed E-state index contributed by atoms with van der Waals surface area (Å²) in [5, 5.41) is 8.91. The molecule has 5 heteroatoms. The van der Waals surface area contributed by atoms with E-state index in [-0.39, 0.29) is 5.56 Å². The number of carbonyl (C=O) groups is 1. The Labute approximate surface area is 86.4 Å². The molecule has 1 aliphatic rings. The van der Waals surface area contributed by atoms with Gasteiger partial charge in [0.05, 0.1) is 6.20 Å². The Bertz CT molecular complexity index is 404. The van der Waals surface area contributed by atoms with E-state index < -0.39 is 11.8 Å². The van der Waals surface area contributed by atoms with E-state index in [1.165, 1.54) is 0 Å². The first-order chi connectivity index (χ1) is 7.09. The van der Waals surface area contributed by atoms with Crippen molar-refractivity contribution >= 4 is 11.8 Å². The van der Waals surface area contributed by atoms with Crippen molar-refractivity contribution in [3.05, 3.63) is 23.6 Å². The molecule has 0 aliphatic heterocycles. The standard InChI is InChI=1S/C10H11FN2O2/c1-13(7-2-3-7)9-8(10(14)15)4-6(11)5-12-9/h4-5,7H,2-3H2,1H3,(H,14,15). The van der Waals surface area contributed by atoms with Crippen LogP contribution in [0, 0.1) is 5.82 Å². The normalized spacial score (nSPS) is 15.1. The zero-order chi connectivity index (χ0) is 11.0. The van der Waals surface area contributed by atoms with Crippen LogP contribution in [0.2, 0.25) is 0 Å². The number of aromatic nitrogens is 1. The topological polar surface area (TPSA) is 53.4 Å². The molecule has 4 nitrogen and oxygen atoms in total. The van der Waals surface area contributed by atoms with E-state index in [9.17, 15) is 9.18 Å². The van der Waals surface area contributed by atoms with Crippen molar-refractivity contribution < 1.29 is 14.3 Å². The predicted octanol–water partition coefficient (Wildman–Crippen LogP) is 1.52. The lowest BCUT2D eigenvalue weighted by molar-refractivity contribution is 0.0696. The molecule has 2 rings (SSSR count). The molecule has 0 amide bonds. The van der Waals surface area contributed by atoms with Gasteiger partial charge in [-0.05, 0) is 18.9 Å². The average Bonchev–Trinajstić information content (AvgIpc) is 2.99. The summed E-state index contributed by atoms with van der Waals surface area (Å²) in [7, 11) is 1.78. The van der Waals surface area contributed by atoms with Crippen LogP contribution < -0.4 is 4.90 Å². The minimum Gasteiger partial charge on any atom is -0.478 e. The quantitative estimate of drug-likeness (QED) is 0.821. The maximum Gasteiger partial charge on any atom is 0.339 e. The van der Waals surface area contributed by atoms with Crippen molar-refractivity contribution in [2.45, 2.75) is 18.9 Å². The van der Waals surface area contributed by atoms with Gasteiger partial charge in [0.25, 0.3) is 0 Å². The van der Waals surface area contributed by atoms with Crippen molar-refractivity contribution in [1.82, 2.24) is 4.98 Å². The van der Waals surface area contributed by atoms with Gasteiger partial charge in [-0.25, -0.2) is 14.2 Å². The molecular formula is C10H11FN2O2. The van der Waals surface area contributed by atoms with Crippen molar-refractivity contribution in [3.63, 3.8) is 0 Å². The molecule has 0 radical (unpaired) electrons. The summed E-state index contributed by atoms with van der Waals surface area (Å²) in [5.41, 5.74) is -0.0793. The second kappa shape index (κ2) is 3.49. The number of anilines is 1. The Morgan fingerprint density at radius 2 is 2.33 bits per heavy atom. The summed E-state index contributed by atoms with van der Waals surface area (Å²) in [6.07, 6.45) is 3.11. The van der Waals surface area contributed by atoms with E-state index in [0.29, 0.717) is 11.9 Å². The molecule has 1 aromatic rings. The number of aromatic carboxylic acids is 1. The smallest absolute Gasteiger partial charge is 0.339 e. The molecule has 80 valence electrons. The summed E-state index contributed by atoms with van der Waals surface area (Å²) in [5.74, 6) is -1.43. The maximum atomic E-state index is 12.8. The Hall–Kier alpha value is -1.65. The highest BCUT2D eigenvalue weighted by Crippen LogP contribution is 2.30. The lowest BCUT2D eigenvalue weighted by Gasteiger charge is -2.18. The highest BCUT2D eigenvalue weighted by Gasteiger charge is 2.29. The van der Waals surface area contributed by atoms with Crippen molar-refractivity contribution in [1.29, 1.82) is 0 Å². The maximum absolute atomic E-state index is 12.8. The Morgan fingerprint density at radius 1 is 1.67 bits per heavy atom. The average molecular weight is 210 g/mol. The summed E-state index contributed by atoms with van der Waals surface area (Å²) in [6, 6.07) is 1.35. The number of hydrogen-bond acceptors (Lipinski definition) is 3. The number of halogens is 1. The fourth-order valence-corrected chi connectivity index (χ4v) is 1.51. The second-order valence-electron chi connectivity index (χ2n) is 3.67. The van der Waals surface area contributed by atoms with Gasteiger partial charge in [0.2, 0.25) is 0 Å². The van der Waals surface area contributed by atoms with Crippen LogP contribution in [0.1, 0.15) is 23.2 Å². The van der Waals surface area contributed by atoms with Gasteiger partial charge in [0.1, 0.15) is 17.2 Å². The van der Waals surface area contributed by atoms with Crippen LogP contribution in [0.25, 0.3) is 0 Å². The molecule has 0 saturated heterocycles. The Kier molecular flexibility index (Phi) is 2.30. The number of rotatable bonds is 3. The number of carboxylic acid groups (broad SMARTS) is 1. The lowest BCUT2D eigenvalue weighted by Crippen LogP contribution is -2.23. The molecule has 1 heterocycles. The summed E-state index contributed by atoms with van der Waals surface area (Å²) in [4.78, 5) is 16.5. The first kappa shape index (κ1) is 9.89. The van der Waals surface area contributed by atoms with Crippen LogP contribution in [0.5, 0.6) is 0 Å². The molecule has 0 unspecified atom stereocenters. The highest BCUT2D eigenvalue weighted by atomic mass is 19.1. The van der Waals surface area contributed by atoms with Gasteiger partial charge < -0.3 is 10.0 Å². The Morgan fingerprint density at radius 3 is 2.87 bits per heavy atom. The summed E-state index contributed by atoms with van der Waals surface area (Å²) >= 11 is 0. The van der Waals surface area contributed by atoms with E-state index in [1.807, 2.05) is 0 Å². The molecule has 1 N–H and O–H groups in total. The number of carboxylic acids is 1. The third kappa shape index (κ3) is 1.91. The molecule has 1 aliphatic carbocycles. The Balaban J connectivity index is 2.40. The zero-order valence-corrected chi connectivity index (χ0v) is 8.27.